The number of ether oxygens (including phenoxy) is 1. The number of carbonyl (C=O) groups is 2. The molecule has 0 spiro atoms. The number of hydrogen-bond donors (Lipinski definition) is 2. The van der Waals surface area contributed by atoms with Gasteiger partial charge in [0.1, 0.15) is 11.4 Å². The maximum Gasteiger partial charge on any atom is 0.288 e. The predicted molar refractivity (Wildman–Crippen MR) is 88.8 cm³/mol. The van der Waals surface area contributed by atoms with Crippen molar-refractivity contribution < 1.29 is 14.3 Å². The molecule has 7 heteroatoms. The molecule has 120 valence electrons. The Morgan fingerprint density at radius 1 is 1.17 bits per heavy atom. The molecule has 0 fully saturated rings. The molecule has 0 saturated heterocycles. The first kappa shape index (κ1) is 17.0. The van der Waals surface area contributed by atoms with Gasteiger partial charge in [0.15, 0.2) is 6.10 Å². The standard InChI is InChI=1S/C16H16BrN3O3/c1-10-5-3-8-14(18-10)16(22)20-19-15(21)11(2)23-13-7-4-6-12(17)9-13/h3-9,11H,1-2H3,(H,19,21)(H,20,22). The number of amides is 2. The third-order valence-corrected chi connectivity index (χ3v) is 3.39. The van der Waals surface area contributed by atoms with Crippen LogP contribution in [-0.2, 0) is 4.79 Å². The van der Waals surface area contributed by atoms with Gasteiger partial charge in [0, 0.05) is 10.2 Å². The average Bonchev–Trinajstić information content (AvgIpc) is 2.52. The molecule has 2 aromatic rings. The largest absolute Gasteiger partial charge is 0.481 e. The normalized spacial score (nSPS) is 11.4. The van der Waals surface area contributed by atoms with Crippen molar-refractivity contribution in [1.82, 2.24) is 15.8 Å². The molecule has 0 aliphatic carbocycles. The summed E-state index contributed by atoms with van der Waals surface area (Å²) in [4.78, 5) is 27.9. The zero-order chi connectivity index (χ0) is 16.8. The average molecular weight is 378 g/mol. The number of nitrogens with zero attached hydrogens (tertiary/aromatic N) is 1. The summed E-state index contributed by atoms with van der Waals surface area (Å²) < 4.78 is 6.35. The second-order valence-electron chi connectivity index (χ2n) is 4.83. The Labute approximate surface area is 142 Å². The zero-order valence-electron chi connectivity index (χ0n) is 12.7. The number of aromatic nitrogens is 1. The number of hydrogen-bond acceptors (Lipinski definition) is 4. The fourth-order valence-electron chi connectivity index (χ4n) is 1.75. The molecule has 1 heterocycles. The van der Waals surface area contributed by atoms with E-state index >= 15 is 0 Å². The molecule has 1 aromatic heterocycles. The van der Waals surface area contributed by atoms with Crippen molar-refractivity contribution >= 4 is 27.7 Å². The van der Waals surface area contributed by atoms with E-state index in [9.17, 15) is 9.59 Å². The van der Waals surface area contributed by atoms with Crippen LogP contribution in [0.5, 0.6) is 5.75 Å². The van der Waals surface area contributed by atoms with Crippen molar-refractivity contribution in [2.75, 3.05) is 0 Å². The molecule has 1 atom stereocenters. The smallest absolute Gasteiger partial charge is 0.288 e. The second kappa shape index (κ2) is 7.73. The topological polar surface area (TPSA) is 80.3 Å². The van der Waals surface area contributed by atoms with Crippen LogP contribution >= 0.6 is 15.9 Å². The summed E-state index contributed by atoms with van der Waals surface area (Å²) in [5.41, 5.74) is 5.58. The van der Waals surface area contributed by atoms with Crippen LogP contribution in [-0.4, -0.2) is 22.9 Å². The highest BCUT2D eigenvalue weighted by molar-refractivity contribution is 9.10. The van der Waals surface area contributed by atoms with Crippen molar-refractivity contribution in [2.45, 2.75) is 20.0 Å². The summed E-state index contributed by atoms with van der Waals surface area (Å²) in [6.07, 6.45) is -0.768. The third kappa shape index (κ3) is 5.07. The maximum atomic E-state index is 12.0. The second-order valence-corrected chi connectivity index (χ2v) is 5.74. The van der Waals surface area contributed by atoms with E-state index in [0.29, 0.717) is 5.75 Å². The fraction of sp³-hybridized carbons (Fsp3) is 0.188. The van der Waals surface area contributed by atoms with E-state index in [1.807, 2.05) is 6.07 Å². The van der Waals surface area contributed by atoms with Crippen molar-refractivity contribution in [1.29, 1.82) is 0 Å². The molecular weight excluding hydrogens is 362 g/mol. The molecule has 0 saturated carbocycles. The number of carbonyl (C=O) groups excluding carboxylic acids is 2. The van der Waals surface area contributed by atoms with Gasteiger partial charge in [0.2, 0.25) is 0 Å². The van der Waals surface area contributed by atoms with Crippen LogP contribution in [0.15, 0.2) is 46.9 Å². The molecule has 0 radical (unpaired) electrons. The van der Waals surface area contributed by atoms with Gasteiger partial charge in [0.05, 0.1) is 0 Å². The van der Waals surface area contributed by atoms with Crippen molar-refractivity contribution in [3.63, 3.8) is 0 Å². The lowest BCUT2D eigenvalue weighted by Gasteiger charge is -2.15. The minimum atomic E-state index is -0.768. The highest BCUT2D eigenvalue weighted by Crippen LogP contribution is 2.18. The van der Waals surface area contributed by atoms with Crippen molar-refractivity contribution in [3.8, 4) is 5.75 Å². The summed E-state index contributed by atoms with van der Waals surface area (Å²) >= 11 is 3.33. The zero-order valence-corrected chi connectivity index (χ0v) is 14.3. The molecule has 1 aromatic carbocycles. The summed E-state index contributed by atoms with van der Waals surface area (Å²) in [7, 11) is 0. The van der Waals surface area contributed by atoms with Crippen LogP contribution in [0.4, 0.5) is 0 Å². The van der Waals surface area contributed by atoms with Gasteiger partial charge >= 0.3 is 0 Å². The molecule has 23 heavy (non-hydrogen) atoms. The molecule has 0 aliphatic heterocycles. The predicted octanol–water partition coefficient (Wildman–Crippen LogP) is 2.38. The van der Waals surface area contributed by atoms with Gasteiger partial charge in [-0.2, -0.15) is 0 Å². The van der Waals surface area contributed by atoms with E-state index in [1.54, 1.807) is 50.2 Å². The summed E-state index contributed by atoms with van der Waals surface area (Å²) in [6.45, 7) is 3.37. The van der Waals surface area contributed by atoms with Crippen molar-refractivity contribution in [2.24, 2.45) is 0 Å². The third-order valence-electron chi connectivity index (χ3n) is 2.90. The number of pyridine rings is 1. The first-order valence-electron chi connectivity index (χ1n) is 6.92. The van der Waals surface area contributed by atoms with Gasteiger partial charge in [-0.1, -0.05) is 28.1 Å². The number of halogens is 1. The monoisotopic (exact) mass is 377 g/mol. The van der Waals surface area contributed by atoms with Crippen LogP contribution in [0.1, 0.15) is 23.1 Å². The SMILES string of the molecule is Cc1cccc(C(=O)NNC(=O)C(C)Oc2cccc(Br)c2)n1. The molecule has 2 rings (SSSR count). The summed E-state index contributed by atoms with van der Waals surface area (Å²) in [6, 6.07) is 12.2. The van der Waals surface area contributed by atoms with E-state index in [-0.39, 0.29) is 5.69 Å². The number of rotatable bonds is 4. The lowest BCUT2D eigenvalue weighted by Crippen LogP contribution is -2.47. The number of benzene rings is 1. The van der Waals surface area contributed by atoms with Crippen LogP contribution in [0, 0.1) is 6.92 Å². The minimum Gasteiger partial charge on any atom is -0.481 e. The quantitative estimate of drug-likeness (QED) is 0.801. The molecular formula is C16H16BrN3O3. The first-order valence-corrected chi connectivity index (χ1v) is 7.71. The van der Waals surface area contributed by atoms with E-state index in [0.717, 1.165) is 10.2 Å². The Balaban J connectivity index is 1.87. The van der Waals surface area contributed by atoms with E-state index in [1.165, 1.54) is 0 Å². The molecule has 2 amide bonds. The van der Waals surface area contributed by atoms with Crippen LogP contribution in [0.2, 0.25) is 0 Å². The molecule has 2 N–H and O–H groups in total. The van der Waals surface area contributed by atoms with E-state index < -0.39 is 17.9 Å². The van der Waals surface area contributed by atoms with Gasteiger partial charge in [-0.05, 0) is 44.2 Å². The van der Waals surface area contributed by atoms with Gasteiger partial charge in [0.25, 0.3) is 11.8 Å². The molecule has 0 aliphatic rings. The molecule has 1 unspecified atom stereocenters. The minimum absolute atomic E-state index is 0.228. The molecule has 0 bridgehead atoms. The van der Waals surface area contributed by atoms with E-state index in [4.69, 9.17) is 4.74 Å². The summed E-state index contributed by atoms with van der Waals surface area (Å²) in [5, 5.41) is 0. The Kier molecular flexibility index (Phi) is 5.70. The molecule has 6 nitrogen and oxygen atoms in total. The summed E-state index contributed by atoms with van der Waals surface area (Å²) in [5.74, 6) is -0.406. The first-order chi connectivity index (χ1) is 11.0. The highest BCUT2D eigenvalue weighted by atomic mass is 79.9. The fourth-order valence-corrected chi connectivity index (χ4v) is 2.13. The Hall–Kier alpha value is -2.41. The Bertz CT molecular complexity index is 721. The van der Waals surface area contributed by atoms with Crippen molar-refractivity contribution in [3.05, 3.63) is 58.3 Å². The van der Waals surface area contributed by atoms with Crippen LogP contribution < -0.4 is 15.6 Å². The van der Waals surface area contributed by atoms with Crippen LogP contribution in [0.3, 0.4) is 0 Å². The number of nitrogens with one attached hydrogen (secondary N) is 2. The highest BCUT2D eigenvalue weighted by Gasteiger charge is 2.16. The number of aryl methyl sites for hydroxylation is 1. The van der Waals surface area contributed by atoms with Crippen LogP contribution in [0.25, 0.3) is 0 Å². The van der Waals surface area contributed by atoms with Gasteiger partial charge in [-0.25, -0.2) is 4.98 Å². The Morgan fingerprint density at radius 2 is 1.91 bits per heavy atom. The lowest BCUT2D eigenvalue weighted by atomic mass is 10.3. The van der Waals surface area contributed by atoms with Gasteiger partial charge < -0.3 is 4.74 Å². The van der Waals surface area contributed by atoms with E-state index in [2.05, 4.69) is 31.8 Å². The lowest BCUT2D eigenvalue weighted by molar-refractivity contribution is -0.128. The maximum absolute atomic E-state index is 12.0. The van der Waals surface area contributed by atoms with Gasteiger partial charge in [-0.3, -0.25) is 20.4 Å². The Morgan fingerprint density at radius 3 is 2.61 bits per heavy atom. The van der Waals surface area contributed by atoms with Gasteiger partial charge in [-0.15, -0.1) is 0 Å². The number of hydrazine groups is 1.